The number of hydrogen-bond donors (Lipinski definition) is 2. The predicted octanol–water partition coefficient (Wildman–Crippen LogP) is 3.07. The van der Waals surface area contributed by atoms with Gasteiger partial charge in [0.25, 0.3) is 0 Å². The van der Waals surface area contributed by atoms with Crippen LogP contribution in [0.3, 0.4) is 0 Å². The summed E-state index contributed by atoms with van der Waals surface area (Å²) in [6.07, 6.45) is 3.13. The summed E-state index contributed by atoms with van der Waals surface area (Å²) in [5.41, 5.74) is 8.09. The molecule has 0 aliphatic carbocycles. The zero-order valence-electron chi connectivity index (χ0n) is 12.8. The fraction of sp³-hybridized carbons (Fsp3) is 0.222. The Kier molecular flexibility index (Phi) is 4.71. The van der Waals surface area contributed by atoms with Crippen molar-refractivity contribution in [2.24, 2.45) is 5.73 Å². The molecule has 1 fully saturated rings. The topological polar surface area (TPSA) is 80.4 Å². The van der Waals surface area contributed by atoms with Crippen molar-refractivity contribution < 1.29 is 14.7 Å². The van der Waals surface area contributed by atoms with E-state index in [9.17, 15) is 9.59 Å². The Morgan fingerprint density at radius 2 is 1.58 bits per heavy atom. The van der Waals surface area contributed by atoms with Gasteiger partial charge < -0.3 is 10.8 Å². The maximum Gasteiger partial charge on any atom is 0.335 e. The summed E-state index contributed by atoms with van der Waals surface area (Å²) in [5, 5.41) is 9.00. The van der Waals surface area contributed by atoms with Gasteiger partial charge in [-0.25, -0.2) is 4.79 Å². The molecule has 1 aliphatic rings. The van der Waals surface area contributed by atoms with Crippen molar-refractivity contribution in [2.45, 2.75) is 22.5 Å². The molecule has 1 saturated heterocycles. The fourth-order valence-electron chi connectivity index (χ4n) is 2.73. The van der Waals surface area contributed by atoms with Gasteiger partial charge in [0.15, 0.2) is 4.08 Å². The lowest BCUT2D eigenvalue weighted by Gasteiger charge is -2.32. The number of hydrogen-bond acceptors (Lipinski definition) is 5. The molecule has 0 amide bonds. The van der Waals surface area contributed by atoms with E-state index in [0.717, 1.165) is 11.1 Å². The van der Waals surface area contributed by atoms with Gasteiger partial charge in [0.2, 0.25) is 6.29 Å². The first kappa shape index (κ1) is 17.1. The molecule has 0 aromatic heterocycles. The van der Waals surface area contributed by atoms with Crippen molar-refractivity contribution in [1.29, 1.82) is 0 Å². The average molecular weight is 358 g/mol. The van der Waals surface area contributed by atoms with Gasteiger partial charge in [0.05, 0.1) is 11.1 Å². The molecule has 6 heteroatoms. The van der Waals surface area contributed by atoms with Crippen molar-refractivity contribution in [1.82, 2.24) is 0 Å². The number of nitrogens with two attached hydrogens (primary N) is 1. The van der Waals surface area contributed by atoms with Gasteiger partial charge in [-0.3, -0.25) is 4.79 Å². The van der Waals surface area contributed by atoms with Crippen LogP contribution in [0.1, 0.15) is 21.5 Å². The normalized spacial score (nSPS) is 17.7. The van der Waals surface area contributed by atoms with E-state index in [4.69, 9.17) is 10.8 Å². The second kappa shape index (κ2) is 6.63. The molecule has 1 radical (unpaired) electrons. The van der Waals surface area contributed by atoms with E-state index in [1.54, 1.807) is 24.3 Å². The summed E-state index contributed by atoms with van der Waals surface area (Å²) in [5.74, 6) is -0.962. The molecule has 3 N–H and O–H groups in total. The maximum absolute atomic E-state index is 11.5. The Morgan fingerprint density at radius 1 is 1.04 bits per heavy atom. The van der Waals surface area contributed by atoms with Crippen LogP contribution in [0.15, 0.2) is 54.6 Å². The van der Waals surface area contributed by atoms with Gasteiger partial charge in [0, 0.05) is 0 Å². The van der Waals surface area contributed by atoms with Crippen LogP contribution in [0.5, 0.6) is 0 Å². The number of carboxylic acids is 1. The third-order valence-corrected chi connectivity index (χ3v) is 7.10. The summed E-state index contributed by atoms with van der Waals surface area (Å²) < 4.78 is -0.770. The first-order chi connectivity index (χ1) is 11.5. The Bertz CT molecular complexity index is 745. The molecule has 0 spiro atoms. The maximum atomic E-state index is 11.5. The minimum atomic E-state index is -0.962. The third-order valence-electron chi connectivity index (χ3n) is 4.12. The van der Waals surface area contributed by atoms with Crippen molar-refractivity contribution in [3.8, 4) is 0 Å². The molecule has 1 atom stereocenters. The van der Waals surface area contributed by atoms with E-state index in [-0.39, 0.29) is 5.56 Å². The molecular formula is C18H16NO3S2. The van der Waals surface area contributed by atoms with E-state index in [0.29, 0.717) is 12.8 Å². The molecule has 4 nitrogen and oxygen atoms in total. The van der Waals surface area contributed by atoms with E-state index in [1.807, 2.05) is 30.3 Å². The highest BCUT2D eigenvalue weighted by atomic mass is 33.2. The lowest BCUT2D eigenvalue weighted by atomic mass is 9.82. The Balaban J connectivity index is 1.88. The van der Waals surface area contributed by atoms with Gasteiger partial charge in [-0.1, -0.05) is 64.1 Å². The number of carbonyl (C=O) groups is 1. The lowest BCUT2D eigenvalue weighted by molar-refractivity contribution is 0.0697. The highest BCUT2D eigenvalue weighted by Crippen LogP contribution is 2.68. The molecular weight excluding hydrogens is 342 g/mol. The van der Waals surface area contributed by atoms with Gasteiger partial charge >= 0.3 is 5.97 Å². The van der Waals surface area contributed by atoms with Crippen LogP contribution >= 0.6 is 21.6 Å². The number of benzene rings is 2. The third kappa shape index (κ3) is 3.36. The minimum absolute atomic E-state index is 0.233. The number of carboxylic acid groups (broad SMARTS) is 1. The van der Waals surface area contributed by atoms with E-state index in [2.05, 4.69) is 6.29 Å². The molecule has 1 unspecified atom stereocenters. The molecule has 2 aromatic carbocycles. The first-order valence-corrected chi connectivity index (χ1v) is 9.54. The van der Waals surface area contributed by atoms with Crippen LogP contribution in [-0.2, 0) is 17.6 Å². The Labute approximate surface area is 148 Å². The van der Waals surface area contributed by atoms with Gasteiger partial charge in [0.1, 0.15) is 0 Å². The highest BCUT2D eigenvalue weighted by Gasteiger charge is 2.61. The monoisotopic (exact) mass is 358 g/mol. The summed E-state index contributed by atoms with van der Waals surface area (Å²) in [4.78, 5) is 22.5. The summed E-state index contributed by atoms with van der Waals surface area (Å²) in [6.45, 7) is 0. The minimum Gasteiger partial charge on any atom is -0.478 e. The smallest absolute Gasteiger partial charge is 0.335 e. The van der Waals surface area contributed by atoms with Crippen LogP contribution in [0.25, 0.3) is 0 Å². The van der Waals surface area contributed by atoms with Crippen molar-refractivity contribution in [3.63, 3.8) is 0 Å². The lowest BCUT2D eigenvalue weighted by Crippen LogP contribution is -2.55. The molecule has 0 saturated carbocycles. The second-order valence-corrected chi connectivity index (χ2v) is 8.70. The van der Waals surface area contributed by atoms with E-state index < -0.39 is 15.6 Å². The van der Waals surface area contributed by atoms with Crippen LogP contribution in [0.2, 0.25) is 0 Å². The molecule has 123 valence electrons. The molecule has 3 rings (SSSR count). The standard InChI is InChI=1S/C18H16NO3S2/c19-17(18(12-20)23-24-18,10-13-4-2-1-3-5-13)11-14-6-8-15(9-7-14)16(21)22/h1-9H,10-11,19H2,(H,21,22). The molecule has 1 heterocycles. The van der Waals surface area contributed by atoms with Crippen LogP contribution < -0.4 is 5.73 Å². The van der Waals surface area contributed by atoms with Crippen molar-refractivity contribution in [2.75, 3.05) is 0 Å². The zero-order valence-corrected chi connectivity index (χ0v) is 14.4. The van der Waals surface area contributed by atoms with Gasteiger partial charge in [-0.2, -0.15) is 0 Å². The molecule has 24 heavy (non-hydrogen) atoms. The Hall–Kier alpha value is -1.76. The predicted molar refractivity (Wildman–Crippen MR) is 97.8 cm³/mol. The number of aromatic carboxylic acids is 1. The van der Waals surface area contributed by atoms with Crippen LogP contribution in [0.4, 0.5) is 0 Å². The van der Waals surface area contributed by atoms with E-state index >= 15 is 0 Å². The quantitative estimate of drug-likeness (QED) is 0.585. The SMILES string of the molecule is NC(Cc1ccccc1)(Cc1ccc(C(=O)O)cc1)C1([C]=O)SS1. The summed E-state index contributed by atoms with van der Waals surface area (Å²) in [6, 6.07) is 16.4. The average Bonchev–Trinajstić information content (AvgIpc) is 3.38. The van der Waals surface area contributed by atoms with Crippen LogP contribution in [-0.4, -0.2) is 27.0 Å². The fourth-order valence-corrected chi connectivity index (χ4v) is 4.95. The van der Waals surface area contributed by atoms with Gasteiger partial charge in [-0.05, 0) is 36.1 Å². The largest absolute Gasteiger partial charge is 0.478 e. The molecule has 1 aliphatic heterocycles. The number of rotatable bonds is 7. The van der Waals surface area contributed by atoms with Crippen molar-refractivity contribution in [3.05, 3.63) is 71.3 Å². The Morgan fingerprint density at radius 3 is 2.04 bits per heavy atom. The van der Waals surface area contributed by atoms with E-state index in [1.165, 1.54) is 21.6 Å². The number of carbonyl (C=O) groups excluding carboxylic acids is 1. The van der Waals surface area contributed by atoms with Crippen molar-refractivity contribution >= 4 is 33.8 Å². The van der Waals surface area contributed by atoms with Gasteiger partial charge in [-0.15, -0.1) is 0 Å². The first-order valence-electron chi connectivity index (χ1n) is 7.39. The summed E-state index contributed by atoms with van der Waals surface area (Å²) in [7, 11) is 2.89. The zero-order chi connectivity index (χ0) is 17.2. The summed E-state index contributed by atoms with van der Waals surface area (Å²) >= 11 is 0. The molecule has 0 bridgehead atoms. The second-order valence-electron chi connectivity index (χ2n) is 5.88. The van der Waals surface area contributed by atoms with Crippen LogP contribution in [0, 0.1) is 0 Å². The molecule has 2 aromatic rings. The highest BCUT2D eigenvalue weighted by molar-refractivity contribution is 8.94.